The average molecular weight is 438 g/mol. The largest absolute Gasteiger partial charge is 0.497 e. The molecule has 2 aromatic heterocycles. The van der Waals surface area contributed by atoms with Crippen LogP contribution in [0, 0.1) is 11.6 Å². The molecule has 2 aromatic carbocycles. The molecule has 0 fully saturated rings. The van der Waals surface area contributed by atoms with Crippen LogP contribution in [0.4, 0.5) is 25.8 Å². The molecule has 1 amide bonds. The second kappa shape index (κ2) is 8.76. The molecule has 0 saturated carbocycles. The maximum Gasteiger partial charge on any atom is 0.261 e. The summed E-state index contributed by atoms with van der Waals surface area (Å²) in [5, 5.41) is 17.2. The Morgan fingerprint density at radius 2 is 1.84 bits per heavy atom. The van der Waals surface area contributed by atoms with Crippen LogP contribution in [-0.2, 0) is 0 Å². The first-order valence-electron chi connectivity index (χ1n) is 9.23. The number of aromatic nitrogens is 3. The predicted octanol–water partition coefficient (Wildman–Crippen LogP) is 4.92. The number of halogens is 2. The molecule has 9 nitrogen and oxygen atoms in total. The summed E-state index contributed by atoms with van der Waals surface area (Å²) in [4.78, 5) is 16.7. The van der Waals surface area contributed by atoms with Gasteiger partial charge in [-0.3, -0.25) is 9.89 Å². The number of methoxy groups -OCH3 is 2. The van der Waals surface area contributed by atoms with Crippen LogP contribution in [0.5, 0.6) is 11.6 Å². The lowest BCUT2D eigenvalue weighted by molar-refractivity contribution is 0.101. The standard InChI is InChI=1S/C21H16F2N6O3/c1-31-13-5-3-11(4-6-13)26-27-16-8-7-15(22)17(18(16)23)20(30)25-12-9-14-19(24-10-12)28-29-21(14)32-2/h3-10H,1-2H3,(H,25,30)(H,24,28,29). The highest BCUT2D eigenvalue weighted by Crippen LogP contribution is 2.28. The normalized spacial score (nSPS) is 11.1. The Bertz CT molecular complexity index is 1320. The number of rotatable bonds is 6. The maximum atomic E-state index is 14.9. The lowest BCUT2D eigenvalue weighted by Gasteiger charge is -2.08. The van der Waals surface area contributed by atoms with Crippen molar-refractivity contribution in [1.29, 1.82) is 0 Å². The number of nitrogens with zero attached hydrogens (tertiary/aromatic N) is 4. The number of azo groups is 1. The Morgan fingerprint density at radius 3 is 2.56 bits per heavy atom. The van der Waals surface area contributed by atoms with Crippen LogP contribution in [0.2, 0.25) is 0 Å². The van der Waals surface area contributed by atoms with Gasteiger partial charge in [0.1, 0.15) is 22.8 Å². The Morgan fingerprint density at radius 1 is 1.06 bits per heavy atom. The first kappa shape index (κ1) is 20.8. The molecule has 11 heteroatoms. The summed E-state index contributed by atoms with van der Waals surface area (Å²) in [5.74, 6) is -2.31. The number of H-pyrrole nitrogens is 1. The molecule has 32 heavy (non-hydrogen) atoms. The third-order valence-electron chi connectivity index (χ3n) is 4.48. The van der Waals surface area contributed by atoms with E-state index < -0.39 is 23.1 Å². The fourth-order valence-electron chi connectivity index (χ4n) is 2.89. The van der Waals surface area contributed by atoms with E-state index in [4.69, 9.17) is 9.47 Å². The Balaban J connectivity index is 1.60. The zero-order chi connectivity index (χ0) is 22.7. The highest BCUT2D eigenvalue weighted by atomic mass is 19.1. The molecule has 0 unspecified atom stereocenters. The Kier molecular flexibility index (Phi) is 5.71. The van der Waals surface area contributed by atoms with Gasteiger partial charge in [-0.2, -0.15) is 5.11 Å². The molecule has 4 aromatic rings. The van der Waals surface area contributed by atoms with E-state index in [1.165, 1.54) is 26.5 Å². The second-order valence-corrected chi connectivity index (χ2v) is 6.46. The van der Waals surface area contributed by atoms with E-state index in [2.05, 4.69) is 30.7 Å². The van der Waals surface area contributed by atoms with Crippen molar-refractivity contribution in [1.82, 2.24) is 15.2 Å². The van der Waals surface area contributed by atoms with Crippen molar-refractivity contribution in [3.05, 3.63) is 65.9 Å². The number of amides is 1. The van der Waals surface area contributed by atoms with Gasteiger partial charge in [0.05, 0.1) is 37.2 Å². The minimum atomic E-state index is -1.14. The molecule has 0 radical (unpaired) electrons. The lowest BCUT2D eigenvalue weighted by atomic mass is 10.1. The van der Waals surface area contributed by atoms with Crippen molar-refractivity contribution in [3.63, 3.8) is 0 Å². The molecule has 0 spiro atoms. The molecular formula is C21H16F2N6O3. The zero-order valence-corrected chi connectivity index (χ0v) is 16.9. The summed E-state index contributed by atoms with van der Waals surface area (Å²) in [6.07, 6.45) is 1.32. The van der Waals surface area contributed by atoms with Crippen LogP contribution in [-0.4, -0.2) is 35.3 Å². The van der Waals surface area contributed by atoms with Gasteiger partial charge in [-0.05, 0) is 42.5 Å². The van der Waals surface area contributed by atoms with Gasteiger partial charge in [0, 0.05) is 0 Å². The molecular weight excluding hydrogens is 422 g/mol. The van der Waals surface area contributed by atoms with Gasteiger partial charge in [0.15, 0.2) is 11.5 Å². The molecule has 0 saturated heterocycles. The van der Waals surface area contributed by atoms with Crippen LogP contribution in [0.25, 0.3) is 11.0 Å². The van der Waals surface area contributed by atoms with Gasteiger partial charge in [0.2, 0.25) is 5.88 Å². The number of anilines is 1. The van der Waals surface area contributed by atoms with Gasteiger partial charge in [-0.1, -0.05) is 0 Å². The Hall–Kier alpha value is -4.41. The molecule has 0 atom stereocenters. The predicted molar refractivity (Wildman–Crippen MR) is 112 cm³/mol. The van der Waals surface area contributed by atoms with Crippen LogP contribution in [0.3, 0.4) is 0 Å². The maximum absolute atomic E-state index is 14.9. The van der Waals surface area contributed by atoms with E-state index in [1.807, 2.05) is 0 Å². The fourth-order valence-corrected chi connectivity index (χ4v) is 2.89. The SMILES string of the molecule is COc1ccc(N=Nc2ccc(F)c(C(=O)Nc3cnc4[nH]nc(OC)c4c3)c2F)cc1. The molecule has 162 valence electrons. The number of nitrogens with one attached hydrogen (secondary N) is 2. The first-order chi connectivity index (χ1) is 15.5. The van der Waals surface area contributed by atoms with E-state index in [9.17, 15) is 13.6 Å². The van der Waals surface area contributed by atoms with Crippen molar-refractivity contribution in [2.45, 2.75) is 0 Å². The number of hydrogen-bond acceptors (Lipinski definition) is 7. The summed E-state index contributed by atoms with van der Waals surface area (Å²) >= 11 is 0. The van der Waals surface area contributed by atoms with Crippen molar-refractivity contribution in [2.75, 3.05) is 19.5 Å². The molecule has 0 bridgehead atoms. The number of aromatic amines is 1. The van der Waals surface area contributed by atoms with E-state index in [0.717, 1.165) is 12.1 Å². The number of hydrogen-bond donors (Lipinski definition) is 2. The number of fused-ring (bicyclic) bond motifs is 1. The number of carbonyl (C=O) groups excluding carboxylic acids is 1. The second-order valence-electron chi connectivity index (χ2n) is 6.46. The zero-order valence-electron chi connectivity index (χ0n) is 16.9. The van der Waals surface area contributed by atoms with Gasteiger partial charge < -0.3 is 14.8 Å². The molecule has 0 aliphatic heterocycles. The van der Waals surface area contributed by atoms with Crippen LogP contribution >= 0.6 is 0 Å². The summed E-state index contributed by atoms with van der Waals surface area (Å²) < 4.78 is 39.4. The minimum absolute atomic E-state index is 0.200. The first-order valence-corrected chi connectivity index (χ1v) is 9.23. The summed E-state index contributed by atoms with van der Waals surface area (Å²) in [6.45, 7) is 0. The summed E-state index contributed by atoms with van der Waals surface area (Å²) in [5.41, 5.74) is -0.0359. The highest BCUT2D eigenvalue weighted by molar-refractivity contribution is 6.05. The van der Waals surface area contributed by atoms with Crippen molar-refractivity contribution >= 4 is 34.0 Å². The van der Waals surface area contributed by atoms with Crippen LogP contribution in [0.1, 0.15) is 10.4 Å². The molecule has 2 heterocycles. The van der Waals surface area contributed by atoms with Gasteiger partial charge in [-0.25, -0.2) is 13.8 Å². The Labute approximate surface area is 180 Å². The smallest absolute Gasteiger partial charge is 0.261 e. The fraction of sp³-hybridized carbons (Fsp3) is 0.0952. The van der Waals surface area contributed by atoms with Gasteiger partial charge in [-0.15, -0.1) is 10.2 Å². The molecule has 4 rings (SSSR count). The summed E-state index contributed by atoms with van der Waals surface area (Å²) in [6, 6.07) is 10.1. The number of pyridine rings is 1. The van der Waals surface area contributed by atoms with Gasteiger partial charge >= 0.3 is 0 Å². The van der Waals surface area contributed by atoms with Gasteiger partial charge in [0.25, 0.3) is 5.91 Å². The number of carbonyl (C=O) groups is 1. The van der Waals surface area contributed by atoms with Crippen molar-refractivity contribution < 1.29 is 23.0 Å². The van der Waals surface area contributed by atoms with Crippen LogP contribution in [0.15, 0.2) is 58.9 Å². The monoisotopic (exact) mass is 438 g/mol. The van der Waals surface area contributed by atoms with Crippen LogP contribution < -0.4 is 14.8 Å². The lowest BCUT2D eigenvalue weighted by Crippen LogP contribution is -2.16. The van der Waals surface area contributed by atoms with E-state index in [-0.39, 0.29) is 17.3 Å². The molecule has 0 aliphatic carbocycles. The quantitative estimate of drug-likeness (QED) is 0.415. The van der Waals surface area contributed by atoms with Crippen molar-refractivity contribution in [2.24, 2.45) is 10.2 Å². The number of benzene rings is 2. The molecule has 2 N–H and O–H groups in total. The van der Waals surface area contributed by atoms with E-state index in [1.54, 1.807) is 24.3 Å². The van der Waals surface area contributed by atoms with Crippen molar-refractivity contribution in [3.8, 4) is 11.6 Å². The third-order valence-corrected chi connectivity index (χ3v) is 4.48. The average Bonchev–Trinajstić information content (AvgIpc) is 3.21. The summed E-state index contributed by atoms with van der Waals surface area (Å²) in [7, 11) is 2.95. The van der Waals surface area contributed by atoms with E-state index >= 15 is 0 Å². The van der Waals surface area contributed by atoms with E-state index in [0.29, 0.717) is 22.5 Å². The molecule has 0 aliphatic rings. The topological polar surface area (TPSA) is 114 Å². The number of ether oxygens (including phenoxy) is 2. The third kappa shape index (κ3) is 4.08. The highest BCUT2D eigenvalue weighted by Gasteiger charge is 2.21. The minimum Gasteiger partial charge on any atom is -0.497 e.